The normalized spacial score (nSPS) is 16.2. The first-order valence-electron chi connectivity index (χ1n) is 10.5. The van der Waals surface area contributed by atoms with Crippen molar-refractivity contribution in [2.75, 3.05) is 31.1 Å². The van der Waals surface area contributed by atoms with Crippen LogP contribution in [0.15, 0.2) is 48.5 Å². The summed E-state index contributed by atoms with van der Waals surface area (Å²) in [5.74, 6) is 0.969. The van der Waals surface area contributed by atoms with Crippen molar-refractivity contribution in [2.45, 2.75) is 39.8 Å². The highest BCUT2D eigenvalue weighted by Crippen LogP contribution is 2.27. The Hall–Kier alpha value is -2.73. The average molecular weight is 391 g/mol. The molecule has 1 atom stereocenters. The van der Waals surface area contributed by atoms with E-state index in [2.05, 4.69) is 88.6 Å². The molecule has 2 heterocycles. The van der Waals surface area contributed by atoms with Crippen LogP contribution in [0, 0.1) is 13.8 Å². The minimum Gasteiger partial charge on any atom is -0.369 e. The number of piperazine rings is 1. The number of nitrogens with zero attached hydrogens (tertiary/aromatic N) is 6. The second kappa shape index (κ2) is 8.74. The summed E-state index contributed by atoms with van der Waals surface area (Å²) in [6.45, 7) is 11.4. The van der Waals surface area contributed by atoms with Crippen molar-refractivity contribution in [2.24, 2.45) is 0 Å². The number of benzene rings is 2. The molecule has 0 saturated carbocycles. The molecule has 1 aliphatic rings. The lowest BCUT2D eigenvalue weighted by Gasteiger charge is -2.40. The number of aromatic nitrogens is 4. The molecule has 0 bridgehead atoms. The van der Waals surface area contributed by atoms with Crippen LogP contribution in [0.25, 0.3) is 0 Å². The Bertz CT molecular complexity index is 928. The van der Waals surface area contributed by atoms with Gasteiger partial charge in [-0.15, -0.1) is 5.10 Å². The van der Waals surface area contributed by atoms with Gasteiger partial charge in [-0.2, -0.15) is 0 Å². The lowest BCUT2D eigenvalue weighted by molar-refractivity contribution is 0.169. The Labute approximate surface area is 173 Å². The summed E-state index contributed by atoms with van der Waals surface area (Å²) in [5.41, 5.74) is 5.25. The summed E-state index contributed by atoms with van der Waals surface area (Å²) in [5, 5.41) is 12.7. The highest BCUT2D eigenvalue weighted by Gasteiger charge is 2.28. The highest BCUT2D eigenvalue weighted by atomic mass is 15.6. The van der Waals surface area contributed by atoms with Gasteiger partial charge in [-0.05, 0) is 53.5 Å². The summed E-state index contributed by atoms with van der Waals surface area (Å²) >= 11 is 0. The largest absolute Gasteiger partial charge is 0.369 e. The zero-order valence-corrected chi connectivity index (χ0v) is 17.6. The number of hydrogen-bond acceptors (Lipinski definition) is 5. The van der Waals surface area contributed by atoms with E-state index < -0.39 is 0 Å². The molecule has 1 aliphatic heterocycles. The topological polar surface area (TPSA) is 50.1 Å². The zero-order chi connectivity index (χ0) is 20.2. The zero-order valence-electron chi connectivity index (χ0n) is 17.6. The molecule has 1 fully saturated rings. The van der Waals surface area contributed by atoms with E-state index in [9.17, 15) is 0 Å². The molecule has 0 aliphatic carbocycles. The lowest BCUT2D eigenvalue weighted by Crippen LogP contribution is -2.48. The highest BCUT2D eigenvalue weighted by molar-refractivity contribution is 5.55. The maximum Gasteiger partial charge on any atom is 0.168 e. The van der Waals surface area contributed by atoms with Crippen LogP contribution in [0.3, 0.4) is 0 Å². The van der Waals surface area contributed by atoms with E-state index in [1.807, 2.05) is 10.7 Å². The van der Waals surface area contributed by atoms with Gasteiger partial charge in [-0.3, -0.25) is 4.90 Å². The Morgan fingerprint density at radius 3 is 2.45 bits per heavy atom. The van der Waals surface area contributed by atoms with Gasteiger partial charge in [0.15, 0.2) is 5.82 Å². The van der Waals surface area contributed by atoms with Crippen LogP contribution < -0.4 is 4.90 Å². The monoisotopic (exact) mass is 390 g/mol. The third-order valence-electron chi connectivity index (χ3n) is 5.88. The molecule has 29 heavy (non-hydrogen) atoms. The fourth-order valence-corrected chi connectivity index (χ4v) is 4.26. The van der Waals surface area contributed by atoms with Crippen molar-refractivity contribution in [3.63, 3.8) is 0 Å². The van der Waals surface area contributed by atoms with Gasteiger partial charge in [0, 0.05) is 31.9 Å². The Morgan fingerprint density at radius 2 is 1.72 bits per heavy atom. The van der Waals surface area contributed by atoms with Gasteiger partial charge in [-0.25, -0.2) is 4.68 Å². The summed E-state index contributed by atoms with van der Waals surface area (Å²) in [6, 6.07) is 17.4. The quantitative estimate of drug-likeness (QED) is 0.643. The van der Waals surface area contributed by atoms with Crippen LogP contribution in [0.2, 0.25) is 0 Å². The van der Waals surface area contributed by atoms with Gasteiger partial charge in [0.25, 0.3) is 0 Å². The molecular weight excluding hydrogens is 360 g/mol. The molecule has 6 nitrogen and oxygen atoms in total. The molecule has 2 aromatic carbocycles. The molecular formula is C23H30N6. The van der Waals surface area contributed by atoms with Gasteiger partial charge in [0.2, 0.25) is 0 Å². The second-order valence-corrected chi connectivity index (χ2v) is 7.92. The van der Waals surface area contributed by atoms with Crippen LogP contribution in [-0.4, -0.2) is 51.3 Å². The van der Waals surface area contributed by atoms with Gasteiger partial charge in [0.1, 0.15) is 0 Å². The van der Waals surface area contributed by atoms with Crippen LogP contribution >= 0.6 is 0 Å². The van der Waals surface area contributed by atoms with Crippen molar-refractivity contribution in [1.82, 2.24) is 25.1 Å². The van der Waals surface area contributed by atoms with E-state index in [4.69, 9.17) is 0 Å². The minimum atomic E-state index is 0.245. The summed E-state index contributed by atoms with van der Waals surface area (Å²) in [6.07, 6.45) is 0.999. The molecule has 1 aromatic heterocycles. The van der Waals surface area contributed by atoms with E-state index in [0.717, 1.165) is 38.4 Å². The van der Waals surface area contributed by atoms with E-state index in [1.165, 1.54) is 22.4 Å². The fourth-order valence-electron chi connectivity index (χ4n) is 4.26. The van der Waals surface area contributed by atoms with Crippen molar-refractivity contribution < 1.29 is 0 Å². The van der Waals surface area contributed by atoms with E-state index in [-0.39, 0.29) is 6.04 Å². The molecule has 152 valence electrons. The van der Waals surface area contributed by atoms with Gasteiger partial charge in [0.05, 0.1) is 12.6 Å². The molecule has 0 N–H and O–H groups in total. The first-order valence-corrected chi connectivity index (χ1v) is 10.5. The van der Waals surface area contributed by atoms with Gasteiger partial charge >= 0.3 is 0 Å². The molecule has 0 radical (unpaired) electrons. The minimum absolute atomic E-state index is 0.245. The molecule has 0 amide bonds. The molecule has 1 saturated heterocycles. The number of hydrogen-bond donors (Lipinski definition) is 0. The Kier molecular flexibility index (Phi) is 5.90. The molecule has 4 rings (SSSR count). The van der Waals surface area contributed by atoms with Crippen molar-refractivity contribution in [1.29, 1.82) is 0 Å². The maximum absolute atomic E-state index is 4.41. The third-order valence-corrected chi connectivity index (χ3v) is 5.88. The number of aryl methyl sites for hydroxylation is 2. The van der Waals surface area contributed by atoms with Crippen LogP contribution in [0.4, 0.5) is 5.69 Å². The smallest absolute Gasteiger partial charge is 0.168 e. The van der Waals surface area contributed by atoms with Gasteiger partial charge in [-0.1, -0.05) is 49.4 Å². The predicted octanol–water partition coefficient (Wildman–Crippen LogP) is 3.61. The molecule has 1 unspecified atom stereocenters. The van der Waals surface area contributed by atoms with Crippen LogP contribution in [-0.2, 0) is 6.54 Å². The fraction of sp³-hybridized carbons (Fsp3) is 0.435. The van der Waals surface area contributed by atoms with E-state index >= 15 is 0 Å². The summed E-state index contributed by atoms with van der Waals surface area (Å²) in [4.78, 5) is 5.05. The van der Waals surface area contributed by atoms with Crippen LogP contribution in [0.1, 0.15) is 41.9 Å². The Morgan fingerprint density at radius 1 is 0.966 bits per heavy atom. The standard InChI is InChI=1S/C23H30N6/c1-4-21(23-24-25-26-29(23)17-20-8-6-5-7-9-20)27-12-14-28(15-13-27)22-16-18(2)10-11-19(22)3/h5-11,16,21H,4,12-15,17H2,1-3H3. The molecule has 6 heteroatoms. The number of tetrazole rings is 1. The number of rotatable bonds is 6. The predicted molar refractivity (Wildman–Crippen MR) is 116 cm³/mol. The average Bonchev–Trinajstić information content (AvgIpc) is 3.19. The SMILES string of the molecule is CCC(c1nnnn1Cc1ccccc1)N1CCN(c2cc(C)ccc2C)CC1. The van der Waals surface area contributed by atoms with Crippen molar-refractivity contribution in [3.8, 4) is 0 Å². The van der Waals surface area contributed by atoms with Gasteiger partial charge < -0.3 is 4.90 Å². The summed E-state index contributed by atoms with van der Waals surface area (Å²) in [7, 11) is 0. The van der Waals surface area contributed by atoms with Crippen molar-refractivity contribution in [3.05, 3.63) is 71.0 Å². The first kappa shape index (κ1) is 19.6. The van der Waals surface area contributed by atoms with E-state index in [0.29, 0.717) is 6.54 Å². The summed E-state index contributed by atoms with van der Waals surface area (Å²) < 4.78 is 1.96. The number of anilines is 1. The van der Waals surface area contributed by atoms with Crippen molar-refractivity contribution >= 4 is 5.69 Å². The second-order valence-electron chi connectivity index (χ2n) is 7.92. The lowest BCUT2D eigenvalue weighted by atomic mass is 10.1. The van der Waals surface area contributed by atoms with Crippen LogP contribution in [0.5, 0.6) is 0 Å². The molecule has 3 aromatic rings. The maximum atomic E-state index is 4.41. The first-order chi connectivity index (χ1) is 14.2. The Balaban J connectivity index is 1.46. The molecule has 0 spiro atoms. The van der Waals surface area contributed by atoms with E-state index in [1.54, 1.807) is 0 Å². The third kappa shape index (κ3) is 4.32.